The molecule has 20 valence electrons. The van der Waals surface area contributed by atoms with Gasteiger partial charge in [-0.3, -0.25) is 0 Å². The van der Waals surface area contributed by atoms with Crippen LogP contribution in [0.1, 0.15) is 2.85 Å². The van der Waals surface area contributed by atoms with E-state index in [9.17, 15) is 0 Å². The molecule has 0 aliphatic carbocycles. The summed E-state index contributed by atoms with van der Waals surface area (Å²) in [5, 5.41) is 0. The van der Waals surface area contributed by atoms with Gasteiger partial charge in [-0.1, -0.05) is 0 Å². The SMILES string of the molecule is [Ca+2].[Fe].[H-].[H-].[V].[Y]. The molecule has 0 aromatic heterocycles. The summed E-state index contributed by atoms with van der Waals surface area (Å²) < 4.78 is 0. The average Bonchev–Trinajstić information content (AvgIpc) is 0. The Bertz CT molecular complexity index is 13.5. The van der Waals surface area contributed by atoms with Crippen LogP contribution in [0.5, 0.6) is 0 Å². The third kappa shape index (κ3) is 9.08. The third-order valence-electron chi connectivity index (χ3n) is 0. The molecule has 0 saturated carbocycles. The molecule has 0 heterocycles. The van der Waals surface area contributed by atoms with Crippen LogP contribution in [0, 0.1) is 0 Å². The molecule has 0 spiro atoms. The monoisotopic (exact) mass is 238 g/mol. The zero-order chi connectivity index (χ0) is 0. The Morgan fingerprint density at radius 1 is 1.25 bits per heavy atom. The van der Waals surface area contributed by atoms with Crippen LogP contribution in [-0.4, -0.2) is 37.7 Å². The normalized spacial score (nSPS) is 0. The molecule has 0 bridgehead atoms. The minimum atomic E-state index is 0. The maximum Gasteiger partial charge on any atom is 2.00 e. The van der Waals surface area contributed by atoms with Crippen molar-refractivity contribution in [2.45, 2.75) is 0 Å². The van der Waals surface area contributed by atoms with Crippen LogP contribution in [0.3, 0.4) is 0 Å². The second-order valence-electron chi connectivity index (χ2n) is 0. The molecule has 2 radical (unpaired) electrons. The molecule has 0 amide bonds. The van der Waals surface area contributed by atoms with Gasteiger partial charge in [0.15, 0.2) is 0 Å². The van der Waals surface area contributed by atoms with Crippen molar-refractivity contribution in [2.75, 3.05) is 0 Å². The van der Waals surface area contributed by atoms with Crippen LogP contribution in [0.15, 0.2) is 0 Å². The summed E-state index contributed by atoms with van der Waals surface area (Å²) in [5.41, 5.74) is 0. The van der Waals surface area contributed by atoms with E-state index in [2.05, 4.69) is 0 Å². The zero-order valence-corrected chi connectivity index (χ0v) is 9.63. The predicted octanol–water partition coefficient (Wildman–Crippen LogP) is -0.163. The first kappa shape index (κ1) is 26.0. The van der Waals surface area contributed by atoms with E-state index in [1.807, 2.05) is 0 Å². The smallest absolute Gasteiger partial charge is 1.00 e. The van der Waals surface area contributed by atoms with Crippen molar-refractivity contribution in [1.82, 2.24) is 0 Å². The van der Waals surface area contributed by atoms with Crippen molar-refractivity contribution in [1.29, 1.82) is 0 Å². The summed E-state index contributed by atoms with van der Waals surface area (Å²) in [6, 6.07) is 0. The fourth-order valence-corrected chi connectivity index (χ4v) is 0. The maximum atomic E-state index is 0. The predicted molar refractivity (Wildman–Crippen MR) is 7.98 cm³/mol. The minimum absolute atomic E-state index is 0. The zero-order valence-electron chi connectivity index (χ0n) is 4.09. The number of hydrogen-bond acceptors (Lipinski definition) is 0. The number of rotatable bonds is 0. The van der Waals surface area contributed by atoms with Gasteiger partial charge in [0.25, 0.3) is 0 Å². The maximum absolute atomic E-state index is 0. The molecule has 0 unspecified atom stereocenters. The molecule has 0 fully saturated rings. The Morgan fingerprint density at radius 3 is 1.25 bits per heavy atom. The van der Waals surface area contributed by atoms with Crippen LogP contribution in [0.2, 0.25) is 0 Å². The van der Waals surface area contributed by atoms with E-state index in [-0.39, 0.29) is 109 Å². The number of hydrogen-bond donors (Lipinski definition) is 0. The van der Waals surface area contributed by atoms with Gasteiger partial charge in [-0.2, -0.15) is 0 Å². The molecular formula is H2CaFeVY. The summed E-state index contributed by atoms with van der Waals surface area (Å²) in [6.07, 6.45) is 0. The van der Waals surface area contributed by atoms with E-state index >= 15 is 0 Å². The van der Waals surface area contributed by atoms with E-state index < -0.39 is 0 Å². The van der Waals surface area contributed by atoms with Crippen LogP contribution < -0.4 is 0 Å². The Kier molecular flexibility index (Phi) is 104. The van der Waals surface area contributed by atoms with Gasteiger partial charge in [-0.05, 0) is 0 Å². The van der Waals surface area contributed by atoms with Crippen LogP contribution >= 0.6 is 0 Å². The molecule has 4 heavy (non-hydrogen) atoms. The van der Waals surface area contributed by atoms with Gasteiger partial charge in [-0.15, -0.1) is 0 Å². The quantitative estimate of drug-likeness (QED) is 0.514. The molecule has 0 aromatic carbocycles. The first-order valence-electron chi connectivity index (χ1n) is 0. The Morgan fingerprint density at radius 2 is 1.25 bits per heavy atom. The van der Waals surface area contributed by atoms with Crippen molar-refractivity contribution >= 4 is 37.7 Å². The molecule has 0 aliphatic heterocycles. The summed E-state index contributed by atoms with van der Waals surface area (Å²) in [4.78, 5) is 0. The van der Waals surface area contributed by atoms with Crippen LogP contribution in [0.4, 0.5) is 0 Å². The third-order valence-corrected chi connectivity index (χ3v) is 0. The second-order valence-corrected chi connectivity index (χ2v) is 0. The molecule has 0 atom stereocenters. The van der Waals surface area contributed by atoms with Gasteiger partial charge < -0.3 is 2.85 Å². The minimum Gasteiger partial charge on any atom is -1.00 e. The summed E-state index contributed by atoms with van der Waals surface area (Å²) in [7, 11) is 0. The molecule has 0 nitrogen and oxygen atoms in total. The van der Waals surface area contributed by atoms with Gasteiger partial charge in [-0.25, -0.2) is 0 Å². The van der Waals surface area contributed by atoms with Gasteiger partial charge >= 0.3 is 37.7 Å². The van der Waals surface area contributed by atoms with Crippen LogP contribution in [0.25, 0.3) is 0 Å². The molecule has 0 aliphatic rings. The van der Waals surface area contributed by atoms with Gasteiger partial charge in [0, 0.05) is 68.3 Å². The topological polar surface area (TPSA) is 0 Å². The van der Waals surface area contributed by atoms with E-state index in [0.29, 0.717) is 0 Å². The fraction of sp³-hybridized carbons (Fsp3) is 0. The Labute approximate surface area is 106 Å². The Hall–Kier alpha value is 3.47. The van der Waals surface area contributed by atoms with Crippen LogP contribution in [-0.2, 0) is 68.3 Å². The van der Waals surface area contributed by atoms with E-state index in [1.165, 1.54) is 0 Å². The van der Waals surface area contributed by atoms with E-state index in [0.717, 1.165) is 0 Å². The van der Waals surface area contributed by atoms with E-state index in [4.69, 9.17) is 0 Å². The van der Waals surface area contributed by atoms with Gasteiger partial charge in [0.2, 0.25) is 0 Å². The second kappa shape index (κ2) is 16.1. The van der Waals surface area contributed by atoms with Crippen molar-refractivity contribution in [3.8, 4) is 0 Å². The molecular weight excluding hydrogens is 236 g/mol. The van der Waals surface area contributed by atoms with Crippen molar-refractivity contribution in [3.63, 3.8) is 0 Å². The molecule has 0 aromatic rings. The van der Waals surface area contributed by atoms with Gasteiger partial charge in [0.05, 0.1) is 0 Å². The van der Waals surface area contributed by atoms with Gasteiger partial charge in [0.1, 0.15) is 0 Å². The summed E-state index contributed by atoms with van der Waals surface area (Å²) in [6.45, 7) is 0. The van der Waals surface area contributed by atoms with Crippen molar-refractivity contribution in [2.24, 2.45) is 0 Å². The Balaban J connectivity index is 0. The average molecular weight is 238 g/mol. The largest absolute Gasteiger partial charge is 2.00 e. The van der Waals surface area contributed by atoms with Crippen molar-refractivity contribution < 1.29 is 71.2 Å². The summed E-state index contributed by atoms with van der Waals surface area (Å²) >= 11 is 0. The fourth-order valence-electron chi connectivity index (χ4n) is 0. The standard InChI is InChI=1S/Ca.Fe.V.Y.2H/q+2;;;;2*-1. The first-order chi connectivity index (χ1) is 0. The molecule has 4 heteroatoms. The molecule has 0 N–H and O–H groups in total. The molecule has 0 rings (SSSR count). The van der Waals surface area contributed by atoms with E-state index in [1.54, 1.807) is 0 Å². The van der Waals surface area contributed by atoms with Crippen molar-refractivity contribution in [3.05, 3.63) is 0 Å². The first-order valence-corrected chi connectivity index (χ1v) is 0. The molecule has 0 saturated heterocycles. The summed E-state index contributed by atoms with van der Waals surface area (Å²) in [5.74, 6) is 0.